The van der Waals surface area contributed by atoms with Crippen LogP contribution in [0.3, 0.4) is 0 Å². The van der Waals surface area contributed by atoms with E-state index < -0.39 is 12.1 Å². The smallest absolute Gasteiger partial charge is 0.332 e. The molecule has 0 aliphatic heterocycles. The van der Waals surface area contributed by atoms with Crippen LogP contribution in [-0.4, -0.2) is 56.9 Å². The average molecular weight is 549 g/mol. The Kier molecular flexibility index (Phi) is 15.9. The number of carboxylic acids is 1. The largest absolute Gasteiger partial charge is 0.479 e. The first kappa shape index (κ1) is 32.5. The molecule has 0 saturated heterocycles. The Bertz CT molecular complexity index is 829. The van der Waals surface area contributed by atoms with Crippen LogP contribution in [0.15, 0.2) is 42.5 Å². The van der Waals surface area contributed by atoms with Crippen molar-refractivity contribution in [1.29, 1.82) is 0 Å². The molecule has 38 heavy (non-hydrogen) atoms. The van der Waals surface area contributed by atoms with Gasteiger partial charge in [-0.2, -0.15) is 11.8 Å². The topological polar surface area (TPSA) is 104 Å². The Morgan fingerprint density at radius 1 is 1.18 bits per heavy atom. The summed E-state index contributed by atoms with van der Waals surface area (Å²) in [7, 11) is 0. The first-order chi connectivity index (χ1) is 18.4. The van der Waals surface area contributed by atoms with Gasteiger partial charge in [0.15, 0.2) is 6.10 Å². The summed E-state index contributed by atoms with van der Waals surface area (Å²) in [6.07, 6.45) is 11.3. The second-order valence-corrected chi connectivity index (χ2v) is 11.9. The SMILES string of the molecule is CCCCC(CC=C[C@H]1[C@H](SCCO)CC(=O)[C@@H]1CCCC(CC)CC(O)C(=O)O)OCc1ccccc1. The van der Waals surface area contributed by atoms with Gasteiger partial charge in [0.1, 0.15) is 5.78 Å². The normalized spacial score (nSPS) is 22.1. The van der Waals surface area contributed by atoms with E-state index in [4.69, 9.17) is 9.84 Å². The van der Waals surface area contributed by atoms with Gasteiger partial charge in [-0.05, 0) is 43.1 Å². The monoisotopic (exact) mass is 548 g/mol. The predicted molar refractivity (Wildman–Crippen MR) is 154 cm³/mol. The summed E-state index contributed by atoms with van der Waals surface area (Å²) in [5.74, 6) is -0.0511. The van der Waals surface area contributed by atoms with Crippen LogP contribution in [0, 0.1) is 17.8 Å². The zero-order chi connectivity index (χ0) is 27.8. The summed E-state index contributed by atoms with van der Waals surface area (Å²) < 4.78 is 6.27. The molecule has 0 bridgehead atoms. The molecule has 1 aromatic carbocycles. The number of ketones is 1. The number of carbonyl (C=O) groups excluding carboxylic acids is 1. The molecular formula is C31H48O6S. The Morgan fingerprint density at radius 3 is 2.61 bits per heavy atom. The Morgan fingerprint density at radius 2 is 1.95 bits per heavy atom. The molecule has 0 aromatic heterocycles. The second-order valence-electron chi connectivity index (χ2n) is 10.5. The van der Waals surface area contributed by atoms with Crippen molar-refractivity contribution in [2.45, 2.75) is 102 Å². The molecular weight excluding hydrogens is 500 g/mol. The van der Waals surface area contributed by atoms with Crippen LogP contribution in [0.1, 0.15) is 83.6 Å². The third-order valence-electron chi connectivity index (χ3n) is 7.65. The third kappa shape index (κ3) is 11.6. The van der Waals surface area contributed by atoms with Gasteiger partial charge in [0.25, 0.3) is 0 Å². The van der Waals surface area contributed by atoms with Crippen LogP contribution >= 0.6 is 11.8 Å². The fourth-order valence-corrected chi connectivity index (χ4v) is 6.55. The number of hydrogen-bond donors (Lipinski definition) is 3. The maximum absolute atomic E-state index is 13.0. The molecule has 3 unspecified atom stereocenters. The molecule has 0 amide bonds. The molecule has 6 atom stereocenters. The standard InChI is InChI=1S/C31H48O6S/c1-3-5-14-25(37-22-24-11-7-6-8-12-24)15-10-17-27-26(28(33)21-30(27)38-19-18-32)16-9-13-23(4-2)20-29(34)31(35)36/h6-8,10-12,17,23,25-27,29-30,32,34H,3-5,9,13-16,18-22H2,1-2H3,(H,35,36)/t23?,25?,26-,27-,29?,30-/m1/s1. The summed E-state index contributed by atoms with van der Waals surface area (Å²) in [5, 5.41) is 28.3. The molecule has 1 aliphatic carbocycles. The van der Waals surface area contributed by atoms with E-state index in [1.807, 2.05) is 25.1 Å². The van der Waals surface area contributed by atoms with Gasteiger partial charge < -0.3 is 20.1 Å². The highest BCUT2D eigenvalue weighted by molar-refractivity contribution is 8.00. The van der Waals surface area contributed by atoms with Gasteiger partial charge >= 0.3 is 5.97 Å². The molecule has 0 radical (unpaired) electrons. The zero-order valence-corrected chi connectivity index (χ0v) is 24.0. The van der Waals surface area contributed by atoms with Gasteiger partial charge in [-0.1, -0.05) is 88.4 Å². The molecule has 0 spiro atoms. The van der Waals surface area contributed by atoms with Crippen molar-refractivity contribution < 1.29 is 29.6 Å². The van der Waals surface area contributed by atoms with Gasteiger partial charge in [-0.3, -0.25) is 4.79 Å². The fourth-order valence-electron chi connectivity index (χ4n) is 5.35. The highest BCUT2D eigenvalue weighted by atomic mass is 32.2. The number of ether oxygens (including phenoxy) is 1. The Labute approximate surface area is 233 Å². The average Bonchev–Trinajstić information content (AvgIpc) is 3.22. The van der Waals surface area contributed by atoms with E-state index in [0.717, 1.165) is 51.4 Å². The lowest BCUT2D eigenvalue weighted by Gasteiger charge is -2.22. The van der Waals surface area contributed by atoms with Crippen molar-refractivity contribution in [3.8, 4) is 0 Å². The number of benzene rings is 1. The lowest BCUT2D eigenvalue weighted by molar-refractivity contribution is -0.147. The van der Waals surface area contributed by atoms with Crippen molar-refractivity contribution >= 4 is 23.5 Å². The maximum atomic E-state index is 13.0. The van der Waals surface area contributed by atoms with E-state index in [-0.39, 0.29) is 47.9 Å². The number of thioether (sulfide) groups is 1. The lowest BCUT2D eigenvalue weighted by atomic mass is 9.86. The minimum atomic E-state index is -1.33. The highest BCUT2D eigenvalue weighted by Gasteiger charge is 2.40. The van der Waals surface area contributed by atoms with E-state index in [1.54, 1.807) is 11.8 Å². The summed E-state index contributed by atoms with van der Waals surface area (Å²) >= 11 is 1.68. The maximum Gasteiger partial charge on any atom is 0.332 e. The first-order valence-electron chi connectivity index (χ1n) is 14.4. The quantitative estimate of drug-likeness (QED) is 0.171. The molecule has 6 nitrogen and oxygen atoms in total. The summed E-state index contributed by atoms with van der Waals surface area (Å²) in [6, 6.07) is 10.2. The number of unbranched alkanes of at least 4 members (excludes halogenated alkanes) is 1. The molecule has 1 aliphatic rings. The summed E-state index contributed by atoms with van der Waals surface area (Å²) in [5.41, 5.74) is 1.17. The van der Waals surface area contributed by atoms with Crippen LogP contribution < -0.4 is 0 Å². The highest BCUT2D eigenvalue weighted by Crippen LogP contribution is 2.41. The van der Waals surface area contributed by atoms with E-state index in [0.29, 0.717) is 18.8 Å². The van der Waals surface area contributed by atoms with Gasteiger partial charge in [0.2, 0.25) is 0 Å². The third-order valence-corrected chi connectivity index (χ3v) is 8.97. The van der Waals surface area contributed by atoms with E-state index in [2.05, 4.69) is 31.2 Å². The fraction of sp³-hybridized carbons (Fsp3) is 0.677. The van der Waals surface area contributed by atoms with Gasteiger partial charge in [-0.25, -0.2) is 4.79 Å². The van der Waals surface area contributed by atoms with Crippen LogP contribution in [0.4, 0.5) is 0 Å². The molecule has 3 N–H and O–H groups in total. The number of aliphatic hydroxyl groups is 2. The van der Waals surface area contributed by atoms with Crippen LogP contribution in [0.2, 0.25) is 0 Å². The summed E-state index contributed by atoms with van der Waals surface area (Å²) in [4.78, 5) is 24.0. The van der Waals surface area contributed by atoms with Gasteiger partial charge in [-0.15, -0.1) is 0 Å². The van der Waals surface area contributed by atoms with Gasteiger partial charge in [0.05, 0.1) is 19.3 Å². The molecule has 2 rings (SSSR count). The lowest BCUT2D eigenvalue weighted by Crippen LogP contribution is -2.23. The number of rotatable bonds is 20. The van der Waals surface area contributed by atoms with Crippen molar-refractivity contribution in [2.24, 2.45) is 17.8 Å². The Balaban J connectivity index is 2.00. The molecule has 1 saturated carbocycles. The second kappa shape index (κ2) is 18.6. The van der Waals surface area contributed by atoms with E-state index in [9.17, 15) is 19.8 Å². The minimum Gasteiger partial charge on any atom is -0.479 e. The van der Waals surface area contributed by atoms with Crippen molar-refractivity contribution in [3.05, 3.63) is 48.0 Å². The molecule has 1 aromatic rings. The van der Waals surface area contributed by atoms with Crippen molar-refractivity contribution in [2.75, 3.05) is 12.4 Å². The summed E-state index contributed by atoms with van der Waals surface area (Å²) in [6.45, 7) is 4.90. The number of carboxylic acid groups (broad SMARTS) is 1. The molecule has 214 valence electrons. The number of hydrogen-bond acceptors (Lipinski definition) is 6. The molecule has 0 heterocycles. The zero-order valence-electron chi connectivity index (χ0n) is 23.2. The number of allylic oxidation sites excluding steroid dienone is 1. The number of Topliss-reactive ketones (excluding diaryl/α,β-unsaturated/α-hetero) is 1. The molecule has 7 heteroatoms. The first-order valence-corrected chi connectivity index (χ1v) is 15.4. The number of aliphatic hydroxyl groups excluding tert-OH is 2. The molecule has 1 fully saturated rings. The Hall–Kier alpha value is -1.67. The predicted octanol–water partition coefficient (Wildman–Crippen LogP) is 6.04. The van der Waals surface area contributed by atoms with Crippen molar-refractivity contribution in [3.63, 3.8) is 0 Å². The van der Waals surface area contributed by atoms with E-state index in [1.165, 1.54) is 5.56 Å². The van der Waals surface area contributed by atoms with Crippen LogP contribution in [-0.2, 0) is 20.9 Å². The van der Waals surface area contributed by atoms with Gasteiger partial charge in [0, 0.05) is 23.3 Å². The van der Waals surface area contributed by atoms with E-state index >= 15 is 0 Å². The minimum absolute atomic E-state index is 0.0522. The number of carbonyl (C=O) groups is 2. The number of aliphatic carboxylic acids is 1. The van der Waals surface area contributed by atoms with Crippen molar-refractivity contribution in [1.82, 2.24) is 0 Å². The van der Waals surface area contributed by atoms with Crippen LogP contribution in [0.25, 0.3) is 0 Å². The van der Waals surface area contributed by atoms with Crippen LogP contribution in [0.5, 0.6) is 0 Å².